The number of hydrogen-bond acceptors (Lipinski definition) is 2. The predicted octanol–water partition coefficient (Wildman–Crippen LogP) is 1.49. The highest BCUT2D eigenvalue weighted by atomic mass is 16.3. The van der Waals surface area contributed by atoms with Gasteiger partial charge < -0.3 is 15.7 Å². The molecule has 0 bridgehead atoms. The molecule has 0 aliphatic rings. The summed E-state index contributed by atoms with van der Waals surface area (Å²) >= 11 is 0. The largest absolute Gasteiger partial charge is 0.396 e. The first-order valence-corrected chi connectivity index (χ1v) is 5.57. The third-order valence-electron chi connectivity index (χ3n) is 2.30. The van der Waals surface area contributed by atoms with E-state index in [9.17, 15) is 4.79 Å². The lowest BCUT2D eigenvalue weighted by Crippen LogP contribution is -2.48. The lowest BCUT2D eigenvalue weighted by molar-refractivity contribution is 0.189. The van der Waals surface area contributed by atoms with Crippen LogP contribution in [-0.2, 0) is 0 Å². The van der Waals surface area contributed by atoms with E-state index in [2.05, 4.69) is 10.6 Å². The highest BCUT2D eigenvalue weighted by Crippen LogP contribution is 2.21. The van der Waals surface area contributed by atoms with Crippen LogP contribution in [0.2, 0.25) is 0 Å². The first-order chi connectivity index (χ1) is 6.91. The molecule has 0 aliphatic heterocycles. The Hall–Kier alpha value is -0.770. The molecule has 1 unspecified atom stereocenters. The zero-order chi connectivity index (χ0) is 11.9. The average Bonchev–Trinajstić information content (AvgIpc) is 2.12. The zero-order valence-corrected chi connectivity index (χ0v) is 10.3. The van der Waals surface area contributed by atoms with Gasteiger partial charge in [-0.15, -0.1) is 0 Å². The first-order valence-electron chi connectivity index (χ1n) is 5.57. The second kappa shape index (κ2) is 6.67. The SMILES string of the molecule is CCCNC(=O)NC(CCO)C(C)(C)C. The van der Waals surface area contributed by atoms with Gasteiger partial charge in [0.1, 0.15) is 0 Å². The van der Waals surface area contributed by atoms with Crippen molar-refractivity contribution in [1.82, 2.24) is 10.6 Å². The second-order valence-corrected chi connectivity index (χ2v) is 4.83. The number of aliphatic hydroxyl groups is 1. The number of rotatable bonds is 5. The summed E-state index contributed by atoms with van der Waals surface area (Å²) < 4.78 is 0. The number of carbonyl (C=O) groups excluding carboxylic acids is 1. The Balaban J connectivity index is 4.11. The van der Waals surface area contributed by atoms with E-state index < -0.39 is 0 Å². The van der Waals surface area contributed by atoms with Crippen molar-refractivity contribution in [2.75, 3.05) is 13.2 Å². The summed E-state index contributed by atoms with van der Waals surface area (Å²) in [6.45, 7) is 8.93. The van der Waals surface area contributed by atoms with E-state index in [1.165, 1.54) is 0 Å². The van der Waals surface area contributed by atoms with Crippen molar-refractivity contribution >= 4 is 6.03 Å². The summed E-state index contributed by atoms with van der Waals surface area (Å²) in [5, 5.41) is 14.6. The molecule has 1 atom stereocenters. The number of urea groups is 1. The number of amides is 2. The van der Waals surface area contributed by atoms with Crippen molar-refractivity contribution in [1.29, 1.82) is 0 Å². The molecule has 90 valence electrons. The molecule has 0 radical (unpaired) electrons. The number of nitrogens with one attached hydrogen (secondary N) is 2. The van der Waals surface area contributed by atoms with Gasteiger partial charge in [-0.2, -0.15) is 0 Å². The van der Waals surface area contributed by atoms with Crippen molar-refractivity contribution in [2.24, 2.45) is 5.41 Å². The molecule has 0 spiro atoms. The Morgan fingerprint density at radius 1 is 1.40 bits per heavy atom. The van der Waals surface area contributed by atoms with Gasteiger partial charge in [-0.05, 0) is 18.3 Å². The highest BCUT2D eigenvalue weighted by molar-refractivity contribution is 5.74. The van der Waals surface area contributed by atoms with Crippen molar-refractivity contribution in [3.05, 3.63) is 0 Å². The van der Waals surface area contributed by atoms with Gasteiger partial charge in [-0.1, -0.05) is 27.7 Å². The number of hydrogen-bond donors (Lipinski definition) is 3. The fourth-order valence-electron chi connectivity index (χ4n) is 1.30. The van der Waals surface area contributed by atoms with Crippen LogP contribution in [-0.4, -0.2) is 30.3 Å². The van der Waals surface area contributed by atoms with Gasteiger partial charge in [-0.3, -0.25) is 0 Å². The maximum Gasteiger partial charge on any atom is 0.315 e. The molecular formula is C11H24N2O2. The zero-order valence-electron chi connectivity index (χ0n) is 10.3. The molecule has 4 heteroatoms. The second-order valence-electron chi connectivity index (χ2n) is 4.83. The van der Waals surface area contributed by atoms with Crippen LogP contribution in [0.3, 0.4) is 0 Å². The molecule has 3 N–H and O–H groups in total. The Morgan fingerprint density at radius 3 is 2.40 bits per heavy atom. The quantitative estimate of drug-likeness (QED) is 0.652. The molecular weight excluding hydrogens is 192 g/mol. The minimum Gasteiger partial charge on any atom is -0.396 e. The fourth-order valence-corrected chi connectivity index (χ4v) is 1.30. The van der Waals surface area contributed by atoms with Crippen molar-refractivity contribution in [3.8, 4) is 0 Å². The Morgan fingerprint density at radius 2 is 2.00 bits per heavy atom. The fraction of sp³-hybridized carbons (Fsp3) is 0.909. The van der Waals surface area contributed by atoms with Crippen LogP contribution in [0.5, 0.6) is 0 Å². The van der Waals surface area contributed by atoms with Crippen molar-refractivity contribution < 1.29 is 9.90 Å². The summed E-state index contributed by atoms with van der Waals surface area (Å²) in [5.74, 6) is 0. The monoisotopic (exact) mass is 216 g/mol. The van der Waals surface area contributed by atoms with Crippen molar-refractivity contribution in [2.45, 2.75) is 46.6 Å². The van der Waals surface area contributed by atoms with Gasteiger partial charge in [0, 0.05) is 19.2 Å². The summed E-state index contributed by atoms with van der Waals surface area (Å²) in [7, 11) is 0. The van der Waals surface area contributed by atoms with E-state index in [0.29, 0.717) is 13.0 Å². The molecule has 0 aromatic carbocycles. The van der Waals surface area contributed by atoms with Crippen LogP contribution in [0.15, 0.2) is 0 Å². The topological polar surface area (TPSA) is 61.4 Å². The molecule has 0 aromatic rings. The van der Waals surface area contributed by atoms with Crippen LogP contribution < -0.4 is 10.6 Å². The molecule has 2 amide bonds. The lowest BCUT2D eigenvalue weighted by Gasteiger charge is -2.31. The average molecular weight is 216 g/mol. The lowest BCUT2D eigenvalue weighted by atomic mass is 9.85. The number of carbonyl (C=O) groups is 1. The summed E-state index contributed by atoms with van der Waals surface area (Å²) in [6, 6.07) is -0.149. The van der Waals surface area contributed by atoms with Gasteiger partial charge in [-0.25, -0.2) is 4.79 Å². The number of aliphatic hydroxyl groups excluding tert-OH is 1. The molecule has 4 nitrogen and oxygen atoms in total. The van der Waals surface area contributed by atoms with Gasteiger partial charge >= 0.3 is 6.03 Å². The van der Waals surface area contributed by atoms with Crippen LogP contribution in [0, 0.1) is 5.41 Å². The van der Waals surface area contributed by atoms with E-state index in [-0.39, 0.29) is 24.1 Å². The molecule has 0 fully saturated rings. The third kappa shape index (κ3) is 6.33. The minimum atomic E-state index is -0.148. The van der Waals surface area contributed by atoms with E-state index in [1.807, 2.05) is 27.7 Å². The maximum absolute atomic E-state index is 11.4. The van der Waals surface area contributed by atoms with Crippen LogP contribution >= 0.6 is 0 Å². The molecule has 0 aliphatic carbocycles. The Kier molecular flexibility index (Phi) is 6.32. The summed E-state index contributed by atoms with van der Waals surface area (Å²) in [5.41, 5.74) is -0.0354. The minimum absolute atomic E-state index is 0.000596. The van der Waals surface area contributed by atoms with Gasteiger partial charge in [0.25, 0.3) is 0 Å². The molecule has 15 heavy (non-hydrogen) atoms. The van der Waals surface area contributed by atoms with Crippen molar-refractivity contribution in [3.63, 3.8) is 0 Å². The Labute approximate surface area is 92.4 Å². The van der Waals surface area contributed by atoms with Crippen LogP contribution in [0.4, 0.5) is 4.79 Å². The first kappa shape index (κ1) is 14.2. The van der Waals surface area contributed by atoms with Crippen LogP contribution in [0.25, 0.3) is 0 Å². The molecule has 0 saturated carbocycles. The Bertz CT molecular complexity index is 188. The molecule has 0 aromatic heterocycles. The van der Waals surface area contributed by atoms with E-state index >= 15 is 0 Å². The third-order valence-corrected chi connectivity index (χ3v) is 2.30. The van der Waals surface area contributed by atoms with E-state index in [1.54, 1.807) is 0 Å². The van der Waals surface area contributed by atoms with E-state index in [0.717, 1.165) is 6.42 Å². The molecule has 0 saturated heterocycles. The van der Waals surface area contributed by atoms with Gasteiger partial charge in [0.2, 0.25) is 0 Å². The molecule has 0 heterocycles. The van der Waals surface area contributed by atoms with Gasteiger partial charge in [0.05, 0.1) is 0 Å². The summed E-state index contributed by atoms with van der Waals surface area (Å²) in [6.07, 6.45) is 1.51. The highest BCUT2D eigenvalue weighted by Gasteiger charge is 2.25. The predicted molar refractivity (Wildman–Crippen MR) is 61.8 cm³/mol. The summed E-state index contributed by atoms with van der Waals surface area (Å²) in [4.78, 5) is 11.4. The smallest absolute Gasteiger partial charge is 0.315 e. The standard InChI is InChI=1S/C11H24N2O2/c1-5-7-12-10(15)13-9(6-8-14)11(2,3)4/h9,14H,5-8H2,1-4H3,(H2,12,13,15). The van der Waals surface area contributed by atoms with Crippen LogP contribution in [0.1, 0.15) is 40.5 Å². The van der Waals surface area contributed by atoms with E-state index in [4.69, 9.17) is 5.11 Å². The normalized spacial score (nSPS) is 13.4. The maximum atomic E-state index is 11.4. The molecule has 0 rings (SSSR count). The van der Waals surface area contributed by atoms with Gasteiger partial charge in [0.15, 0.2) is 0 Å².